The molecule has 0 fully saturated rings. The van der Waals surface area contributed by atoms with E-state index in [9.17, 15) is 17.6 Å². The van der Waals surface area contributed by atoms with Crippen LogP contribution in [0.2, 0.25) is 0 Å². The number of pyridine rings is 1. The monoisotopic (exact) mass is 404 g/mol. The number of hydrogen-bond donors (Lipinski definition) is 0. The first-order valence-electron chi connectivity index (χ1n) is 8.30. The Labute approximate surface area is 161 Å². The minimum atomic E-state index is -4.50. The zero-order valence-corrected chi connectivity index (χ0v) is 14.6. The van der Waals surface area contributed by atoms with Crippen molar-refractivity contribution in [2.75, 3.05) is 0 Å². The van der Waals surface area contributed by atoms with E-state index in [1.54, 1.807) is 35.1 Å². The average Bonchev–Trinajstić information content (AvgIpc) is 3.16. The molecule has 0 aliphatic carbocycles. The van der Waals surface area contributed by atoms with Crippen LogP contribution in [0.5, 0.6) is 17.5 Å². The Kier molecular flexibility index (Phi) is 4.75. The number of fused-ring (bicyclic) bond motifs is 1. The number of ether oxygens (including phenoxy) is 2. The Bertz CT molecular complexity index is 1140. The lowest BCUT2D eigenvalue weighted by Crippen LogP contribution is -2.05. The summed E-state index contributed by atoms with van der Waals surface area (Å²) in [6.07, 6.45) is 1.20. The van der Waals surface area contributed by atoms with Crippen LogP contribution >= 0.6 is 0 Å². The smallest absolute Gasteiger partial charge is 0.417 e. The maximum Gasteiger partial charge on any atom is 0.417 e. The van der Waals surface area contributed by atoms with E-state index < -0.39 is 17.6 Å². The van der Waals surface area contributed by atoms with E-state index in [4.69, 9.17) is 9.47 Å². The summed E-state index contributed by atoms with van der Waals surface area (Å²) in [5.74, 6) is -0.222. The Hall–Kier alpha value is -3.69. The number of nitrogens with zero attached hydrogens (tertiary/aromatic N) is 4. The van der Waals surface area contributed by atoms with Crippen molar-refractivity contribution in [1.29, 1.82) is 0 Å². The summed E-state index contributed by atoms with van der Waals surface area (Å²) < 4.78 is 64.4. The molecule has 1 aromatic carbocycles. The van der Waals surface area contributed by atoms with Crippen molar-refractivity contribution in [2.24, 2.45) is 0 Å². The van der Waals surface area contributed by atoms with Crippen molar-refractivity contribution >= 4 is 5.78 Å². The van der Waals surface area contributed by atoms with Crippen LogP contribution in [0.1, 0.15) is 11.1 Å². The molecule has 4 aromatic rings. The average molecular weight is 404 g/mol. The maximum absolute atomic E-state index is 14.3. The van der Waals surface area contributed by atoms with Crippen LogP contribution in [0.3, 0.4) is 0 Å². The Morgan fingerprint density at radius 1 is 0.966 bits per heavy atom. The summed E-state index contributed by atoms with van der Waals surface area (Å²) in [6, 6.07) is 7.60. The number of halogens is 4. The Morgan fingerprint density at radius 3 is 2.55 bits per heavy atom. The molecule has 148 valence electrons. The predicted molar refractivity (Wildman–Crippen MR) is 93.0 cm³/mol. The largest absolute Gasteiger partial charge is 0.473 e. The molecule has 0 atom stereocenters. The van der Waals surface area contributed by atoms with Crippen molar-refractivity contribution in [2.45, 2.75) is 12.8 Å². The predicted octanol–water partition coefficient (Wildman–Crippen LogP) is 4.65. The summed E-state index contributed by atoms with van der Waals surface area (Å²) in [6.45, 7) is 0.0552. The highest BCUT2D eigenvalue weighted by atomic mass is 19.4. The fourth-order valence-corrected chi connectivity index (χ4v) is 2.46. The molecule has 0 N–H and O–H groups in total. The molecular formula is C19H12F4N4O2. The van der Waals surface area contributed by atoms with E-state index in [0.717, 1.165) is 12.1 Å². The number of aromatic nitrogens is 4. The minimum Gasteiger partial charge on any atom is -0.473 e. The third-order valence-electron chi connectivity index (χ3n) is 3.90. The molecule has 4 rings (SSSR count). The van der Waals surface area contributed by atoms with Gasteiger partial charge in [-0.2, -0.15) is 18.2 Å². The van der Waals surface area contributed by atoms with Crippen molar-refractivity contribution < 1.29 is 27.0 Å². The highest BCUT2D eigenvalue weighted by molar-refractivity contribution is 5.34. The van der Waals surface area contributed by atoms with Gasteiger partial charge in [0.1, 0.15) is 6.61 Å². The van der Waals surface area contributed by atoms with Crippen LogP contribution < -0.4 is 9.47 Å². The van der Waals surface area contributed by atoms with Crippen molar-refractivity contribution in [3.8, 4) is 17.5 Å². The van der Waals surface area contributed by atoms with Gasteiger partial charge in [-0.05, 0) is 23.8 Å². The summed E-state index contributed by atoms with van der Waals surface area (Å²) >= 11 is 0. The second-order valence-electron chi connectivity index (χ2n) is 5.94. The normalized spacial score (nSPS) is 11.6. The third-order valence-corrected chi connectivity index (χ3v) is 3.90. The van der Waals surface area contributed by atoms with Crippen molar-refractivity contribution in [1.82, 2.24) is 19.4 Å². The van der Waals surface area contributed by atoms with Gasteiger partial charge >= 0.3 is 6.18 Å². The van der Waals surface area contributed by atoms with Crippen LogP contribution in [0.4, 0.5) is 17.6 Å². The Morgan fingerprint density at radius 2 is 1.83 bits per heavy atom. The van der Waals surface area contributed by atoms with Gasteiger partial charge in [-0.25, -0.2) is 14.4 Å². The molecule has 0 bridgehead atoms. The first-order chi connectivity index (χ1) is 13.9. The molecule has 0 saturated heterocycles. The van der Waals surface area contributed by atoms with Gasteiger partial charge in [-0.15, -0.1) is 0 Å². The molecule has 0 radical (unpaired) electrons. The van der Waals surface area contributed by atoms with Crippen LogP contribution in [-0.2, 0) is 12.8 Å². The topological polar surface area (TPSA) is 61.5 Å². The quantitative estimate of drug-likeness (QED) is 0.453. The molecule has 3 heterocycles. The molecular weight excluding hydrogens is 392 g/mol. The molecule has 0 aliphatic rings. The van der Waals surface area contributed by atoms with Crippen LogP contribution in [-0.4, -0.2) is 19.4 Å². The lowest BCUT2D eigenvalue weighted by atomic mass is 10.2. The maximum atomic E-state index is 14.3. The lowest BCUT2D eigenvalue weighted by molar-refractivity contribution is -0.137. The summed E-state index contributed by atoms with van der Waals surface area (Å²) in [7, 11) is 0. The van der Waals surface area contributed by atoms with Crippen LogP contribution in [0.25, 0.3) is 5.78 Å². The molecule has 29 heavy (non-hydrogen) atoms. The molecule has 0 unspecified atom stereocenters. The summed E-state index contributed by atoms with van der Waals surface area (Å²) in [5, 5.41) is 0. The van der Waals surface area contributed by atoms with E-state index in [2.05, 4.69) is 15.0 Å². The number of alkyl halides is 3. The van der Waals surface area contributed by atoms with Gasteiger partial charge in [0.25, 0.3) is 0 Å². The Balaban J connectivity index is 1.42. The molecule has 0 saturated carbocycles. The van der Waals surface area contributed by atoms with Gasteiger partial charge in [0, 0.05) is 36.9 Å². The molecule has 6 nitrogen and oxygen atoms in total. The zero-order chi connectivity index (χ0) is 20.4. The summed E-state index contributed by atoms with van der Waals surface area (Å²) in [4.78, 5) is 11.8. The van der Waals surface area contributed by atoms with E-state index in [-0.39, 0.29) is 18.2 Å². The van der Waals surface area contributed by atoms with Gasteiger partial charge in [-0.3, -0.25) is 4.40 Å². The number of imidazole rings is 1. The first kappa shape index (κ1) is 18.7. The van der Waals surface area contributed by atoms with E-state index in [1.165, 1.54) is 12.1 Å². The lowest BCUT2D eigenvalue weighted by Gasteiger charge is -2.10. The standard InChI is InChI=1S/C19H12F4N4O2/c20-14-9-12(11-28-17-5-7-27-8-6-24-18(27)26-17)1-3-15(14)29-16-4-2-13(10-25-16)19(21,22)23/h1-10H,11H2. The second-order valence-corrected chi connectivity index (χ2v) is 5.94. The molecule has 3 aromatic heterocycles. The fraction of sp³-hybridized carbons (Fsp3) is 0.105. The van der Waals surface area contributed by atoms with Gasteiger partial charge in [-0.1, -0.05) is 6.07 Å². The number of hydrogen-bond acceptors (Lipinski definition) is 5. The third kappa shape index (κ3) is 4.26. The van der Waals surface area contributed by atoms with Crippen LogP contribution in [0.15, 0.2) is 61.2 Å². The molecule has 10 heteroatoms. The fourth-order valence-electron chi connectivity index (χ4n) is 2.46. The second kappa shape index (κ2) is 7.38. The number of benzene rings is 1. The van der Waals surface area contributed by atoms with E-state index in [0.29, 0.717) is 23.4 Å². The highest BCUT2D eigenvalue weighted by Crippen LogP contribution is 2.30. The molecule has 0 spiro atoms. The zero-order valence-electron chi connectivity index (χ0n) is 14.6. The van der Waals surface area contributed by atoms with Gasteiger partial charge < -0.3 is 9.47 Å². The van der Waals surface area contributed by atoms with E-state index >= 15 is 0 Å². The van der Waals surface area contributed by atoms with Gasteiger partial charge in [0.05, 0.1) is 5.56 Å². The van der Waals surface area contributed by atoms with Gasteiger partial charge in [0.15, 0.2) is 11.6 Å². The first-order valence-corrected chi connectivity index (χ1v) is 8.30. The van der Waals surface area contributed by atoms with Crippen LogP contribution in [0, 0.1) is 5.82 Å². The molecule has 0 aliphatic heterocycles. The minimum absolute atomic E-state index is 0.0552. The van der Waals surface area contributed by atoms with Crippen molar-refractivity contribution in [3.63, 3.8) is 0 Å². The SMILES string of the molecule is Fc1cc(COc2ccn3ccnc3n2)ccc1Oc1ccc(C(F)(F)F)cn1. The number of rotatable bonds is 5. The van der Waals surface area contributed by atoms with E-state index in [1.807, 2.05) is 0 Å². The van der Waals surface area contributed by atoms with Gasteiger partial charge in [0.2, 0.25) is 17.5 Å². The molecule has 0 amide bonds. The summed E-state index contributed by atoms with van der Waals surface area (Å²) in [5.41, 5.74) is -0.403. The van der Waals surface area contributed by atoms with Crippen molar-refractivity contribution in [3.05, 3.63) is 78.1 Å². The highest BCUT2D eigenvalue weighted by Gasteiger charge is 2.30.